The molecule has 0 unspecified atom stereocenters. The summed E-state index contributed by atoms with van der Waals surface area (Å²) < 4.78 is 32.9. The first-order valence-electron chi connectivity index (χ1n) is 5.71. The molecule has 0 atom stereocenters. The molecule has 1 aromatic carbocycles. The molecule has 1 aromatic heterocycles. The fraction of sp³-hybridized carbons (Fsp3) is 0.154. The van der Waals surface area contributed by atoms with E-state index in [1.54, 1.807) is 30.5 Å². The number of aryl methyl sites for hydroxylation is 1. The van der Waals surface area contributed by atoms with Crippen LogP contribution in [0, 0.1) is 6.92 Å². The van der Waals surface area contributed by atoms with E-state index in [1.165, 1.54) is 13.2 Å². The lowest BCUT2D eigenvalue weighted by atomic mass is 10.3. The van der Waals surface area contributed by atoms with Crippen molar-refractivity contribution in [1.82, 2.24) is 4.98 Å². The smallest absolute Gasteiger partial charge is 0.266 e. The van der Waals surface area contributed by atoms with Gasteiger partial charge in [-0.3, -0.25) is 4.72 Å². The molecule has 0 amide bonds. The standard InChI is InChI=1S/C13H13BrN2O3S/c1-9-3-6-13(15-8-9)16-20(17,18)12-7-10(14)4-5-11(12)19-2/h3-8H,1-2H3,(H,15,16). The number of methoxy groups -OCH3 is 1. The second-order valence-electron chi connectivity index (χ2n) is 4.12. The van der Waals surface area contributed by atoms with E-state index in [4.69, 9.17) is 4.74 Å². The lowest BCUT2D eigenvalue weighted by Crippen LogP contribution is -2.15. The Hall–Kier alpha value is -1.60. The van der Waals surface area contributed by atoms with Gasteiger partial charge >= 0.3 is 0 Å². The van der Waals surface area contributed by atoms with Gasteiger partial charge < -0.3 is 4.74 Å². The number of hydrogen-bond donors (Lipinski definition) is 1. The van der Waals surface area contributed by atoms with Gasteiger partial charge in [0, 0.05) is 10.7 Å². The molecule has 7 heteroatoms. The molecule has 2 rings (SSSR count). The quantitative estimate of drug-likeness (QED) is 0.914. The van der Waals surface area contributed by atoms with Crippen molar-refractivity contribution in [2.75, 3.05) is 11.8 Å². The van der Waals surface area contributed by atoms with Crippen LogP contribution < -0.4 is 9.46 Å². The maximum absolute atomic E-state index is 12.4. The first kappa shape index (κ1) is 14.8. The molecule has 0 spiro atoms. The molecule has 0 aliphatic carbocycles. The van der Waals surface area contributed by atoms with E-state index < -0.39 is 10.0 Å². The molecular weight excluding hydrogens is 344 g/mol. The number of nitrogens with zero attached hydrogens (tertiary/aromatic N) is 1. The third kappa shape index (κ3) is 3.29. The molecule has 1 heterocycles. The highest BCUT2D eigenvalue weighted by molar-refractivity contribution is 9.10. The number of anilines is 1. The van der Waals surface area contributed by atoms with E-state index in [2.05, 4.69) is 25.6 Å². The average Bonchev–Trinajstić information content (AvgIpc) is 2.41. The molecule has 0 fully saturated rings. The number of ether oxygens (including phenoxy) is 1. The van der Waals surface area contributed by atoms with Crippen LogP contribution in [0.2, 0.25) is 0 Å². The van der Waals surface area contributed by atoms with Crippen molar-refractivity contribution in [3.05, 3.63) is 46.6 Å². The van der Waals surface area contributed by atoms with Crippen molar-refractivity contribution in [1.29, 1.82) is 0 Å². The number of halogens is 1. The molecular formula is C13H13BrN2O3S. The third-order valence-corrected chi connectivity index (χ3v) is 4.43. The third-order valence-electron chi connectivity index (χ3n) is 2.57. The van der Waals surface area contributed by atoms with E-state index >= 15 is 0 Å². The van der Waals surface area contributed by atoms with Gasteiger partial charge in [0.2, 0.25) is 0 Å². The molecule has 2 aromatic rings. The Bertz CT molecular complexity index is 715. The number of sulfonamides is 1. The van der Waals surface area contributed by atoms with Gasteiger partial charge in [-0.15, -0.1) is 0 Å². The first-order chi connectivity index (χ1) is 9.42. The number of nitrogens with one attached hydrogen (secondary N) is 1. The number of hydrogen-bond acceptors (Lipinski definition) is 4. The van der Waals surface area contributed by atoms with Crippen molar-refractivity contribution < 1.29 is 13.2 Å². The number of aromatic nitrogens is 1. The van der Waals surface area contributed by atoms with Crippen LogP contribution in [0.3, 0.4) is 0 Å². The Morgan fingerprint density at radius 3 is 2.60 bits per heavy atom. The van der Waals surface area contributed by atoms with Crippen LogP contribution in [0.5, 0.6) is 5.75 Å². The van der Waals surface area contributed by atoms with Gasteiger partial charge in [-0.1, -0.05) is 22.0 Å². The van der Waals surface area contributed by atoms with Gasteiger partial charge in [0.25, 0.3) is 10.0 Å². The van der Waals surface area contributed by atoms with E-state index in [1.807, 2.05) is 6.92 Å². The molecule has 1 N–H and O–H groups in total. The Morgan fingerprint density at radius 1 is 1.25 bits per heavy atom. The predicted octanol–water partition coefficient (Wildman–Crippen LogP) is 2.96. The topological polar surface area (TPSA) is 68.3 Å². The Morgan fingerprint density at radius 2 is 2.00 bits per heavy atom. The van der Waals surface area contributed by atoms with E-state index in [0.717, 1.165) is 5.56 Å². The van der Waals surface area contributed by atoms with E-state index in [-0.39, 0.29) is 16.5 Å². The predicted molar refractivity (Wildman–Crippen MR) is 80.5 cm³/mol. The first-order valence-corrected chi connectivity index (χ1v) is 7.99. The minimum Gasteiger partial charge on any atom is -0.495 e. The van der Waals surface area contributed by atoms with Gasteiger partial charge in [-0.25, -0.2) is 13.4 Å². The van der Waals surface area contributed by atoms with Gasteiger partial charge in [0.05, 0.1) is 7.11 Å². The summed E-state index contributed by atoms with van der Waals surface area (Å²) >= 11 is 3.25. The fourth-order valence-electron chi connectivity index (χ4n) is 1.58. The van der Waals surface area contributed by atoms with E-state index in [0.29, 0.717) is 4.47 Å². The van der Waals surface area contributed by atoms with Gasteiger partial charge in [-0.2, -0.15) is 0 Å². The van der Waals surface area contributed by atoms with Gasteiger partial charge in [0.15, 0.2) is 0 Å². The van der Waals surface area contributed by atoms with Crippen molar-refractivity contribution in [3.8, 4) is 5.75 Å². The van der Waals surface area contributed by atoms with Crippen LogP contribution >= 0.6 is 15.9 Å². The van der Waals surface area contributed by atoms with Gasteiger partial charge in [-0.05, 0) is 36.8 Å². The van der Waals surface area contributed by atoms with Crippen LogP contribution in [-0.2, 0) is 10.0 Å². The molecule has 0 aliphatic heterocycles. The minimum absolute atomic E-state index is 0.0525. The Balaban J connectivity index is 2.40. The van der Waals surface area contributed by atoms with Crippen LogP contribution in [0.25, 0.3) is 0 Å². The summed E-state index contributed by atoms with van der Waals surface area (Å²) in [5.41, 5.74) is 0.952. The molecule has 106 valence electrons. The lowest BCUT2D eigenvalue weighted by molar-refractivity contribution is 0.403. The van der Waals surface area contributed by atoms with Crippen LogP contribution in [-0.4, -0.2) is 20.5 Å². The molecule has 0 saturated carbocycles. The number of rotatable bonds is 4. The highest BCUT2D eigenvalue weighted by Crippen LogP contribution is 2.28. The van der Waals surface area contributed by atoms with Crippen LogP contribution in [0.4, 0.5) is 5.82 Å². The average molecular weight is 357 g/mol. The molecule has 5 nitrogen and oxygen atoms in total. The summed E-state index contributed by atoms with van der Waals surface area (Å²) in [5.74, 6) is 0.533. The second kappa shape index (κ2) is 5.80. The monoisotopic (exact) mass is 356 g/mol. The highest BCUT2D eigenvalue weighted by atomic mass is 79.9. The maximum atomic E-state index is 12.4. The Kier molecular flexibility index (Phi) is 4.29. The zero-order chi connectivity index (χ0) is 14.8. The molecule has 20 heavy (non-hydrogen) atoms. The molecule has 0 saturated heterocycles. The van der Waals surface area contributed by atoms with Crippen molar-refractivity contribution in [3.63, 3.8) is 0 Å². The van der Waals surface area contributed by atoms with Gasteiger partial charge in [0.1, 0.15) is 16.5 Å². The van der Waals surface area contributed by atoms with Crippen LogP contribution in [0.1, 0.15) is 5.56 Å². The van der Waals surface area contributed by atoms with Crippen molar-refractivity contribution in [2.45, 2.75) is 11.8 Å². The molecule has 0 bridgehead atoms. The maximum Gasteiger partial charge on any atom is 0.266 e. The second-order valence-corrected chi connectivity index (χ2v) is 6.69. The largest absolute Gasteiger partial charge is 0.495 e. The summed E-state index contributed by atoms with van der Waals surface area (Å²) in [7, 11) is -2.34. The SMILES string of the molecule is COc1ccc(Br)cc1S(=O)(=O)Nc1ccc(C)cn1. The molecule has 0 aliphatic rings. The summed E-state index contributed by atoms with van der Waals surface area (Å²) in [6.07, 6.45) is 1.59. The highest BCUT2D eigenvalue weighted by Gasteiger charge is 2.20. The normalized spacial score (nSPS) is 11.2. The lowest BCUT2D eigenvalue weighted by Gasteiger charge is -2.11. The summed E-state index contributed by atoms with van der Waals surface area (Å²) in [6, 6.07) is 8.17. The number of pyridine rings is 1. The van der Waals surface area contributed by atoms with Crippen molar-refractivity contribution >= 4 is 31.8 Å². The van der Waals surface area contributed by atoms with E-state index in [9.17, 15) is 8.42 Å². The minimum atomic E-state index is -3.76. The van der Waals surface area contributed by atoms with Crippen LogP contribution in [0.15, 0.2) is 45.9 Å². The zero-order valence-electron chi connectivity index (χ0n) is 10.9. The number of benzene rings is 1. The van der Waals surface area contributed by atoms with Crippen molar-refractivity contribution in [2.24, 2.45) is 0 Å². The summed E-state index contributed by atoms with van der Waals surface area (Å²) in [5, 5.41) is 0. The molecule has 0 radical (unpaired) electrons. The Labute approximate surface area is 126 Å². The summed E-state index contributed by atoms with van der Waals surface area (Å²) in [4.78, 5) is 4.08. The fourth-order valence-corrected chi connectivity index (χ4v) is 3.30. The zero-order valence-corrected chi connectivity index (χ0v) is 13.3. The summed E-state index contributed by atoms with van der Waals surface area (Å²) in [6.45, 7) is 1.88.